The van der Waals surface area contributed by atoms with Gasteiger partial charge in [-0.3, -0.25) is 4.72 Å². The van der Waals surface area contributed by atoms with E-state index in [0.717, 1.165) is 5.69 Å². The summed E-state index contributed by atoms with van der Waals surface area (Å²) in [6.07, 6.45) is 6.22. The zero-order valence-corrected chi connectivity index (χ0v) is 16.2. The maximum absolute atomic E-state index is 12.5. The van der Waals surface area contributed by atoms with E-state index in [4.69, 9.17) is 16.3 Å². The Labute approximate surface area is 159 Å². The fourth-order valence-electron chi connectivity index (χ4n) is 3.15. The Balaban J connectivity index is 1.68. The minimum absolute atomic E-state index is 0.0905. The van der Waals surface area contributed by atoms with Gasteiger partial charge in [0.25, 0.3) is 10.0 Å². The number of methoxy groups -OCH3 is 1. The molecule has 2 aromatic rings. The second-order valence-corrected chi connectivity index (χ2v) is 8.55. The summed E-state index contributed by atoms with van der Waals surface area (Å²) in [4.78, 5) is 0.0905. The number of hydrogen-bond donors (Lipinski definition) is 2. The van der Waals surface area contributed by atoms with Crippen molar-refractivity contribution < 1.29 is 13.2 Å². The van der Waals surface area contributed by atoms with Gasteiger partial charge in [0.2, 0.25) is 0 Å². The first-order valence-corrected chi connectivity index (χ1v) is 10.6. The van der Waals surface area contributed by atoms with Crippen LogP contribution >= 0.6 is 11.6 Å². The maximum Gasteiger partial charge on any atom is 0.261 e. The number of halogens is 1. The molecule has 0 spiro atoms. The van der Waals surface area contributed by atoms with Gasteiger partial charge in [-0.15, -0.1) is 0 Å². The van der Waals surface area contributed by atoms with E-state index >= 15 is 0 Å². The van der Waals surface area contributed by atoms with Gasteiger partial charge in [0, 0.05) is 17.4 Å². The smallest absolute Gasteiger partial charge is 0.261 e. The zero-order chi connectivity index (χ0) is 18.6. The van der Waals surface area contributed by atoms with Crippen molar-refractivity contribution in [1.82, 2.24) is 0 Å². The second-order valence-electron chi connectivity index (χ2n) is 6.46. The standard InChI is InChI=1S/C19H23ClN2O3S/c1-25-19-12-11-17(13-18(19)20)26(23,24)22-16-9-7-15(8-10-16)21-14-5-3-2-4-6-14/h7-14,21-22H,2-6H2,1H3. The quantitative estimate of drug-likeness (QED) is 0.731. The SMILES string of the molecule is COc1ccc(S(=O)(=O)Nc2ccc(NC3CCCCC3)cc2)cc1Cl. The van der Waals surface area contributed by atoms with Crippen molar-refractivity contribution in [2.24, 2.45) is 0 Å². The molecule has 0 saturated heterocycles. The Morgan fingerprint density at radius 1 is 1.00 bits per heavy atom. The fraction of sp³-hybridized carbons (Fsp3) is 0.368. The highest BCUT2D eigenvalue weighted by Crippen LogP contribution is 2.28. The molecule has 0 heterocycles. The first-order chi connectivity index (χ1) is 12.5. The molecule has 0 aliphatic heterocycles. The normalized spacial score (nSPS) is 15.5. The lowest BCUT2D eigenvalue weighted by Gasteiger charge is -2.24. The molecule has 26 heavy (non-hydrogen) atoms. The number of rotatable bonds is 6. The van der Waals surface area contributed by atoms with Crippen molar-refractivity contribution in [3.63, 3.8) is 0 Å². The van der Waals surface area contributed by atoms with Gasteiger partial charge in [-0.05, 0) is 55.3 Å². The molecule has 0 aromatic heterocycles. The highest BCUT2D eigenvalue weighted by molar-refractivity contribution is 7.92. The maximum atomic E-state index is 12.5. The predicted octanol–water partition coefficient (Wildman–Crippen LogP) is 4.89. The Hall–Kier alpha value is -1.92. The summed E-state index contributed by atoms with van der Waals surface area (Å²) in [5.41, 5.74) is 1.51. The summed E-state index contributed by atoms with van der Waals surface area (Å²) >= 11 is 6.03. The molecular formula is C19H23ClN2O3S. The van der Waals surface area contributed by atoms with Crippen molar-refractivity contribution in [3.8, 4) is 5.75 Å². The summed E-state index contributed by atoms with van der Waals surface area (Å²) in [5.74, 6) is 0.434. The number of ether oxygens (including phenoxy) is 1. The second kappa shape index (κ2) is 8.18. The third kappa shape index (κ3) is 4.62. The minimum Gasteiger partial charge on any atom is -0.495 e. The van der Waals surface area contributed by atoms with Gasteiger partial charge in [-0.2, -0.15) is 0 Å². The van der Waals surface area contributed by atoms with E-state index in [1.54, 1.807) is 12.1 Å². The number of hydrogen-bond acceptors (Lipinski definition) is 4. The van der Waals surface area contributed by atoms with Crippen LogP contribution in [0.1, 0.15) is 32.1 Å². The van der Waals surface area contributed by atoms with Crippen LogP contribution in [0.4, 0.5) is 11.4 Å². The third-order valence-electron chi connectivity index (χ3n) is 4.55. The molecule has 2 aromatic carbocycles. The molecule has 0 unspecified atom stereocenters. The van der Waals surface area contributed by atoms with Gasteiger partial charge in [0.1, 0.15) is 5.75 Å². The molecule has 1 aliphatic carbocycles. The van der Waals surface area contributed by atoms with Gasteiger partial charge in [-0.25, -0.2) is 8.42 Å². The van der Waals surface area contributed by atoms with Crippen LogP contribution in [0.25, 0.3) is 0 Å². The lowest BCUT2D eigenvalue weighted by molar-refractivity contribution is 0.414. The van der Waals surface area contributed by atoms with Gasteiger partial charge in [0.15, 0.2) is 0 Å². The van der Waals surface area contributed by atoms with Crippen LogP contribution in [0, 0.1) is 0 Å². The minimum atomic E-state index is -3.71. The first kappa shape index (κ1) is 18.9. The van der Waals surface area contributed by atoms with E-state index < -0.39 is 10.0 Å². The summed E-state index contributed by atoms with van der Waals surface area (Å²) in [6, 6.07) is 12.2. The molecule has 0 radical (unpaired) electrons. The topological polar surface area (TPSA) is 67.4 Å². The lowest BCUT2D eigenvalue weighted by Crippen LogP contribution is -2.22. The first-order valence-electron chi connectivity index (χ1n) is 8.71. The number of sulfonamides is 1. The fourth-order valence-corrected chi connectivity index (χ4v) is 4.55. The van der Waals surface area contributed by atoms with Crippen LogP contribution in [-0.2, 0) is 10.0 Å². The number of anilines is 2. The largest absolute Gasteiger partial charge is 0.495 e. The van der Waals surface area contributed by atoms with Crippen LogP contribution in [-0.4, -0.2) is 21.6 Å². The average molecular weight is 395 g/mol. The van der Waals surface area contributed by atoms with Gasteiger partial charge < -0.3 is 10.1 Å². The molecule has 0 atom stereocenters. The van der Waals surface area contributed by atoms with Crippen LogP contribution in [0.2, 0.25) is 5.02 Å². The monoisotopic (exact) mass is 394 g/mol. The zero-order valence-electron chi connectivity index (χ0n) is 14.7. The van der Waals surface area contributed by atoms with E-state index in [1.165, 1.54) is 57.4 Å². The Morgan fingerprint density at radius 2 is 1.65 bits per heavy atom. The molecule has 0 amide bonds. The summed E-state index contributed by atoms with van der Waals surface area (Å²) in [5, 5.41) is 3.77. The van der Waals surface area contributed by atoms with Crippen molar-refractivity contribution in [3.05, 3.63) is 47.5 Å². The molecule has 2 N–H and O–H groups in total. The summed E-state index contributed by atoms with van der Waals surface area (Å²) in [6.45, 7) is 0. The van der Waals surface area contributed by atoms with E-state index in [9.17, 15) is 8.42 Å². The average Bonchev–Trinajstić information content (AvgIpc) is 2.64. The Morgan fingerprint density at radius 3 is 2.27 bits per heavy atom. The van der Waals surface area contributed by atoms with Gasteiger partial charge in [0.05, 0.1) is 17.0 Å². The van der Waals surface area contributed by atoms with Crippen LogP contribution in [0.5, 0.6) is 5.75 Å². The van der Waals surface area contributed by atoms with E-state index in [1.807, 2.05) is 12.1 Å². The molecule has 5 nitrogen and oxygen atoms in total. The Bertz CT molecular complexity index is 848. The van der Waals surface area contributed by atoms with Crippen molar-refractivity contribution in [1.29, 1.82) is 0 Å². The van der Waals surface area contributed by atoms with Crippen molar-refractivity contribution in [2.75, 3.05) is 17.1 Å². The molecule has 7 heteroatoms. The van der Waals surface area contributed by atoms with Crippen molar-refractivity contribution >= 4 is 33.0 Å². The molecule has 1 aliphatic rings. The molecule has 140 valence electrons. The van der Waals surface area contributed by atoms with Gasteiger partial charge >= 0.3 is 0 Å². The lowest BCUT2D eigenvalue weighted by atomic mass is 9.95. The predicted molar refractivity (Wildman–Crippen MR) is 106 cm³/mol. The molecule has 0 bridgehead atoms. The van der Waals surface area contributed by atoms with E-state index in [-0.39, 0.29) is 9.92 Å². The Kier molecular flexibility index (Phi) is 5.94. The molecule has 1 fully saturated rings. The van der Waals surface area contributed by atoms with Crippen LogP contribution in [0.3, 0.4) is 0 Å². The highest BCUT2D eigenvalue weighted by Gasteiger charge is 2.17. The van der Waals surface area contributed by atoms with Crippen LogP contribution in [0.15, 0.2) is 47.4 Å². The number of benzene rings is 2. The van der Waals surface area contributed by atoms with E-state index in [2.05, 4.69) is 10.0 Å². The summed E-state index contributed by atoms with van der Waals surface area (Å²) < 4.78 is 32.7. The number of nitrogens with one attached hydrogen (secondary N) is 2. The highest BCUT2D eigenvalue weighted by atomic mass is 35.5. The molecular weight excluding hydrogens is 372 g/mol. The van der Waals surface area contributed by atoms with Crippen molar-refractivity contribution in [2.45, 2.75) is 43.0 Å². The summed E-state index contributed by atoms with van der Waals surface area (Å²) in [7, 11) is -2.23. The van der Waals surface area contributed by atoms with Crippen LogP contribution < -0.4 is 14.8 Å². The molecule has 1 saturated carbocycles. The van der Waals surface area contributed by atoms with E-state index in [0.29, 0.717) is 17.5 Å². The van der Waals surface area contributed by atoms with Gasteiger partial charge in [-0.1, -0.05) is 30.9 Å². The third-order valence-corrected chi connectivity index (χ3v) is 6.22. The molecule has 3 rings (SSSR count).